The Morgan fingerprint density at radius 2 is 1.91 bits per heavy atom. The van der Waals surface area contributed by atoms with Gasteiger partial charge in [0.15, 0.2) is 6.23 Å². The second-order valence-electron chi connectivity index (χ2n) is 7.08. The first-order valence-electron chi connectivity index (χ1n) is 9.57. The van der Waals surface area contributed by atoms with Crippen LogP contribution in [-0.4, -0.2) is 78.4 Å². The molecule has 1 saturated heterocycles. The Balaban J connectivity index is 2.18. The van der Waals surface area contributed by atoms with Gasteiger partial charge in [-0.2, -0.15) is 0 Å². The summed E-state index contributed by atoms with van der Waals surface area (Å²) < 4.78 is 40.4. The molecule has 0 bridgehead atoms. The van der Waals surface area contributed by atoms with Crippen molar-refractivity contribution in [3.8, 4) is 0 Å². The van der Waals surface area contributed by atoms with E-state index in [-0.39, 0.29) is 19.6 Å². The molecule has 1 fully saturated rings. The number of unbranched alkanes of at least 4 members (excludes halogenated alkanes) is 1. The van der Waals surface area contributed by atoms with Gasteiger partial charge in [0.25, 0.3) is 5.56 Å². The topological polar surface area (TPSA) is 244 Å². The molecule has 1 aromatic heterocycles. The Morgan fingerprint density at radius 1 is 1.22 bits per heavy atom. The largest absolute Gasteiger partial charge is 0.476 e. The highest BCUT2D eigenvalue weighted by atomic mass is 31.3. The molecule has 15 nitrogen and oxygen atoms in total. The molecule has 0 aromatic carbocycles. The number of hydrogen-bond acceptors (Lipinski definition) is 11. The SMILES string of the molecule is NCC(CCCCO)P(=O)(OC[C@H]1O[C@@H](n2ccc(=O)[nH]c2=O)[C@H](O)[C@@H]1O)OP(=O)(O)O. The maximum atomic E-state index is 13.2. The predicted molar refractivity (Wildman–Crippen MR) is 108 cm³/mol. The summed E-state index contributed by atoms with van der Waals surface area (Å²) in [7, 11) is -9.83. The minimum absolute atomic E-state index is 0.0560. The summed E-state index contributed by atoms with van der Waals surface area (Å²) in [6.07, 6.45) is -4.37. The quantitative estimate of drug-likeness (QED) is 0.120. The Labute approximate surface area is 181 Å². The first-order chi connectivity index (χ1) is 14.9. The second kappa shape index (κ2) is 11.3. The average molecular weight is 503 g/mol. The molecule has 0 amide bonds. The first kappa shape index (κ1) is 27.0. The van der Waals surface area contributed by atoms with Gasteiger partial charge in [-0.15, -0.1) is 0 Å². The van der Waals surface area contributed by atoms with Crippen molar-refractivity contribution in [1.82, 2.24) is 9.55 Å². The lowest BCUT2D eigenvalue weighted by molar-refractivity contribution is -0.0527. The van der Waals surface area contributed by atoms with Crippen molar-refractivity contribution in [1.29, 1.82) is 0 Å². The van der Waals surface area contributed by atoms with Crippen LogP contribution in [0.25, 0.3) is 0 Å². The maximum absolute atomic E-state index is 13.2. The van der Waals surface area contributed by atoms with Crippen LogP contribution in [0.3, 0.4) is 0 Å². The van der Waals surface area contributed by atoms with Crippen LogP contribution in [0.4, 0.5) is 0 Å². The lowest BCUT2D eigenvalue weighted by Gasteiger charge is -2.27. The number of aliphatic hydroxyl groups is 3. The Kier molecular flexibility index (Phi) is 9.52. The summed E-state index contributed by atoms with van der Waals surface area (Å²) in [4.78, 5) is 43.4. The van der Waals surface area contributed by atoms with Crippen molar-refractivity contribution in [2.45, 2.75) is 49.5 Å². The van der Waals surface area contributed by atoms with Gasteiger partial charge in [0.05, 0.1) is 12.3 Å². The normalized spacial score (nSPS) is 26.7. The minimum atomic E-state index is -5.28. The number of nitrogens with zero attached hydrogens (tertiary/aromatic N) is 1. The van der Waals surface area contributed by atoms with Crippen molar-refractivity contribution in [3.63, 3.8) is 0 Å². The summed E-state index contributed by atoms with van der Waals surface area (Å²) in [5.74, 6) is 0. The molecule has 6 atom stereocenters. The van der Waals surface area contributed by atoms with Crippen molar-refractivity contribution >= 4 is 15.4 Å². The van der Waals surface area contributed by atoms with Gasteiger partial charge in [-0.3, -0.25) is 18.9 Å². The zero-order chi connectivity index (χ0) is 24.1. The molecule has 2 rings (SSSR count). The number of nitrogens with two attached hydrogens (primary N) is 1. The summed E-state index contributed by atoms with van der Waals surface area (Å²) in [5.41, 5.74) is 2.84. The number of ether oxygens (including phenoxy) is 1. The minimum Gasteiger partial charge on any atom is -0.396 e. The molecule has 0 radical (unpaired) electrons. The fourth-order valence-corrected chi connectivity index (χ4v) is 6.37. The van der Waals surface area contributed by atoms with E-state index in [1.54, 1.807) is 0 Å². The average Bonchev–Trinajstić information content (AvgIpc) is 2.97. The molecular formula is C15H27N3O12P2. The molecule has 17 heteroatoms. The van der Waals surface area contributed by atoms with Gasteiger partial charge in [-0.25, -0.2) is 13.7 Å². The van der Waals surface area contributed by atoms with Crippen LogP contribution in [-0.2, 0) is 22.7 Å². The highest BCUT2D eigenvalue weighted by molar-refractivity contribution is 7.64. The van der Waals surface area contributed by atoms with E-state index in [9.17, 15) is 28.9 Å². The zero-order valence-corrected chi connectivity index (χ0v) is 18.6. The first-order valence-corrected chi connectivity index (χ1v) is 12.7. The summed E-state index contributed by atoms with van der Waals surface area (Å²) in [6.45, 7) is -1.22. The van der Waals surface area contributed by atoms with Gasteiger partial charge in [-0.1, -0.05) is 6.42 Å². The number of rotatable bonds is 12. The molecule has 2 unspecified atom stereocenters. The molecule has 184 valence electrons. The molecule has 0 saturated carbocycles. The van der Waals surface area contributed by atoms with E-state index in [4.69, 9.17) is 29.9 Å². The van der Waals surface area contributed by atoms with E-state index in [2.05, 4.69) is 4.31 Å². The second-order valence-corrected chi connectivity index (χ2v) is 10.8. The van der Waals surface area contributed by atoms with Gasteiger partial charge in [0.2, 0.25) is 0 Å². The van der Waals surface area contributed by atoms with Crippen LogP contribution in [0, 0.1) is 0 Å². The van der Waals surface area contributed by atoms with Crippen LogP contribution in [0.1, 0.15) is 25.5 Å². The molecule has 1 aromatic rings. The lowest BCUT2D eigenvalue weighted by atomic mass is 10.1. The maximum Gasteiger partial charge on any atom is 0.476 e. The van der Waals surface area contributed by atoms with Gasteiger partial charge in [0.1, 0.15) is 18.3 Å². The number of aliphatic hydroxyl groups excluding tert-OH is 3. The summed E-state index contributed by atoms with van der Waals surface area (Å²) in [5, 5.41) is 29.4. The van der Waals surface area contributed by atoms with E-state index in [0.717, 1.165) is 16.8 Å². The third-order valence-corrected chi connectivity index (χ3v) is 8.40. The van der Waals surface area contributed by atoms with Crippen LogP contribution in [0.5, 0.6) is 0 Å². The van der Waals surface area contributed by atoms with Crippen molar-refractivity contribution in [2.24, 2.45) is 5.73 Å². The standard InChI is InChI=1S/C15H27N3O12P2/c16-7-9(3-1-2-6-19)31(24,30-32(25,26)27)28-8-10-12(21)13(22)14(29-10)18-5-4-11(20)17-15(18)23/h4-5,9-10,12-14,19,21-22H,1-3,6-8,16H2,(H,17,20,23)(H2,25,26,27)/t9?,10-,12-,13-,14-,31?/m1/s1. The van der Waals surface area contributed by atoms with Gasteiger partial charge < -0.3 is 40.1 Å². The monoisotopic (exact) mass is 503 g/mol. The van der Waals surface area contributed by atoms with E-state index in [0.29, 0.717) is 12.8 Å². The molecule has 1 aliphatic rings. The van der Waals surface area contributed by atoms with E-state index in [1.807, 2.05) is 4.98 Å². The lowest BCUT2D eigenvalue weighted by Crippen LogP contribution is -2.37. The molecular weight excluding hydrogens is 476 g/mol. The molecule has 0 spiro atoms. The smallest absolute Gasteiger partial charge is 0.396 e. The number of hydrogen-bond donors (Lipinski definition) is 7. The van der Waals surface area contributed by atoms with Crippen LogP contribution >= 0.6 is 15.4 Å². The van der Waals surface area contributed by atoms with Crippen molar-refractivity contribution < 1.29 is 47.8 Å². The fourth-order valence-electron chi connectivity index (χ4n) is 3.14. The fraction of sp³-hybridized carbons (Fsp3) is 0.733. The van der Waals surface area contributed by atoms with Gasteiger partial charge in [0, 0.05) is 25.4 Å². The highest BCUT2D eigenvalue weighted by Crippen LogP contribution is 2.64. The molecule has 0 aliphatic carbocycles. The van der Waals surface area contributed by atoms with Gasteiger partial charge >= 0.3 is 21.1 Å². The molecule has 1 aliphatic heterocycles. The number of nitrogens with one attached hydrogen (secondary N) is 1. The van der Waals surface area contributed by atoms with Crippen LogP contribution in [0.15, 0.2) is 21.9 Å². The van der Waals surface area contributed by atoms with E-state index < -0.39 is 63.5 Å². The molecule has 32 heavy (non-hydrogen) atoms. The van der Waals surface area contributed by atoms with Crippen molar-refractivity contribution in [3.05, 3.63) is 33.1 Å². The molecule has 2 heterocycles. The zero-order valence-electron chi connectivity index (χ0n) is 16.8. The van der Waals surface area contributed by atoms with E-state index >= 15 is 0 Å². The third kappa shape index (κ3) is 6.89. The number of aromatic nitrogens is 2. The highest BCUT2D eigenvalue weighted by Gasteiger charge is 2.47. The Hall–Kier alpha value is -1.22. The van der Waals surface area contributed by atoms with Gasteiger partial charge in [-0.05, 0) is 12.8 Å². The van der Waals surface area contributed by atoms with Crippen LogP contribution < -0.4 is 17.0 Å². The molecule has 8 N–H and O–H groups in total. The number of aromatic amines is 1. The predicted octanol–water partition coefficient (Wildman–Crippen LogP) is -2.04. The summed E-state index contributed by atoms with van der Waals surface area (Å²) in [6, 6.07) is 0.994. The van der Waals surface area contributed by atoms with Crippen molar-refractivity contribution in [2.75, 3.05) is 19.8 Å². The Morgan fingerprint density at radius 3 is 2.47 bits per heavy atom. The number of phosphoric acid groups is 1. The van der Waals surface area contributed by atoms with Crippen LogP contribution in [0.2, 0.25) is 0 Å². The third-order valence-electron chi connectivity index (χ3n) is 4.77. The Bertz CT molecular complexity index is 961. The van der Waals surface area contributed by atoms with E-state index in [1.165, 1.54) is 0 Å². The summed E-state index contributed by atoms with van der Waals surface area (Å²) >= 11 is 0. The number of H-pyrrole nitrogens is 1.